The third kappa shape index (κ3) is 2.98. The van der Waals surface area contributed by atoms with Gasteiger partial charge in [-0.25, -0.2) is 4.79 Å². The van der Waals surface area contributed by atoms with E-state index in [0.29, 0.717) is 5.75 Å². The number of carboxylic acid groups (broad SMARTS) is 1. The van der Waals surface area contributed by atoms with Gasteiger partial charge in [0.1, 0.15) is 5.75 Å². The van der Waals surface area contributed by atoms with E-state index in [-0.39, 0.29) is 11.5 Å². The maximum absolute atomic E-state index is 10.8. The Kier molecular flexibility index (Phi) is 4.54. The summed E-state index contributed by atoms with van der Waals surface area (Å²) in [7, 11) is 1.45. The topological polar surface area (TPSA) is 66.8 Å². The zero-order chi connectivity index (χ0) is 13.2. The molecule has 1 atom stereocenters. The highest BCUT2D eigenvalue weighted by molar-refractivity contribution is 9.10. The molecule has 5 heteroatoms. The number of carbonyl (C=O) groups is 1. The Hall–Kier alpha value is -1.07. The van der Waals surface area contributed by atoms with E-state index in [1.54, 1.807) is 12.1 Å². The first-order chi connectivity index (χ1) is 7.88. The Morgan fingerprint density at radius 3 is 2.35 bits per heavy atom. The normalized spacial score (nSPS) is 12.6. The molecule has 0 aromatic heterocycles. The summed E-state index contributed by atoms with van der Waals surface area (Å²) in [5.74, 6) is -0.645. The summed E-state index contributed by atoms with van der Waals surface area (Å²) in [6, 6.07) is 3.34. The van der Waals surface area contributed by atoms with Crippen LogP contribution in [0.2, 0.25) is 0 Å². The van der Waals surface area contributed by atoms with E-state index < -0.39 is 12.1 Å². The van der Waals surface area contributed by atoms with Crippen LogP contribution in [0.25, 0.3) is 0 Å². The molecule has 0 aliphatic rings. The summed E-state index contributed by atoms with van der Waals surface area (Å²) >= 11 is 3.37. The highest BCUT2D eigenvalue weighted by atomic mass is 79.9. The summed E-state index contributed by atoms with van der Waals surface area (Å²) in [4.78, 5) is 10.8. The lowest BCUT2D eigenvalue weighted by molar-refractivity contribution is -0.147. The minimum Gasteiger partial charge on any atom is -0.496 e. The number of methoxy groups -OCH3 is 1. The number of carboxylic acids is 1. The third-order valence-corrected chi connectivity index (χ3v) is 3.19. The molecule has 0 amide bonds. The highest BCUT2D eigenvalue weighted by Crippen LogP contribution is 2.35. The fraction of sp³-hybridized carbons (Fsp3) is 0.417. The monoisotopic (exact) mass is 302 g/mol. The molecule has 1 aromatic rings. The molecule has 0 aliphatic heterocycles. The molecule has 1 aromatic carbocycles. The van der Waals surface area contributed by atoms with Crippen LogP contribution in [0, 0.1) is 0 Å². The average molecular weight is 303 g/mol. The molecule has 0 heterocycles. The van der Waals surface area contributed by atoms with Crippen LogP contribution in [0.3, 0.4) is 0 Å². The van der Waals surface area contributed by atoms with Gasteiger partial charge < -0.3 is 14.9 Å². The summed E-state index contributed by atoms with van der Waals surface area (Å²) in [6.07, 6.45) is -1.58. The Bertz CT molecular complexity index is 429. The van der Waals surface area contributed by atoms with E-state index in [1.165, 1.54) is 7.11 Å². The molecule has 0 saturated heterocycles. The van der Waals surface area contributed by atoms with Crippen LogP contribution in [0.5, 0.6) is 5.75 Å². The van der Waals surface area contributed by atoms with E-state index in [0.717, 1.165) is 10.0 Å². The number of halogens is 1. The molecule has 0 radical (unpaired) electrons. The van der Waals surface area contributed by atoms with Gasteiger partial charge in [-0.1, -0.05) is 29.8 Å². The molecule has 4 nitrogen and oxygen atoms in total. The van der Waals surface area contributed by atoms with Crippen molar-refractivity contribution in [1.82, 2.24) is 0 Å². The predicted octanol–water partition coefficient (Wildman–Crippen LogP) is 2.70. The Morgan fingerprint density at radius 2 is 1.94 bits per heavy atom. The number of aliphatic hydroxyl groups is 1. The van der Waals surface area contributed by atoms with E-state index >= 15 is 0 Å². The van der Waals surface area contributed by atoms with Gasteiger partial charge >= 0.3 is 5.97 Å². The van der Waals surface area contributed by atoms with E-state index in [2.05, 4.69) is 15.9 Å². The van der Waals surface area contributed by atoms with Gasteiger partial charge in [-0.05, 0) is 23.6 Å². The van der Waals surface area contributed by atoms with Gasteiger partial charge in [-0.2, -0.15) is 0 Å². The number of rotatable bonds is 4. The van der Waals surface area contributed by atoms with Gasteiger partial charge in [0.05, 0.1) is 7.11 Å². The van der Waals surface area contributed by atoms with Crippen LogP contribution < -0.4 is 4.74 Å². The van der Waals surface area contributed by atoms with Gasteiger partial charge in [-0.3, -0.25) is 0 Å². The van der Waals surface area contributed by atoms with Gasteiger partial charge in [0.25, 0.3) is 0 Å². The summed E-state index contributed by atoms with van der Waals surface area (Å²) in [5.41, 5.74) is 1.25. The van der Waals surface area contributed by atoms with Crippen molar-refractivity contribution < 1.29 is 19.7 Å². The maximum Gasteiger partial charge on any atom is 0.337 e. The Balaban J connectivity index is 3.33. The van der Waals surface area contributed by atoms with Gasteiger partial charge in [0, 0.05) is 10.0 Å². The Labute approximate surface area is 108 Å². The number of hydrogen-bond acceptors (Lipinski definition) is 3. The molecular weight excluding hydrogens is 288 g/mol. The second kappa shape index (κ2) is 5.51. The first kappa shape index (κ1) is 14.0. The standard InChI is InChI=1S/C12H15BrO4/c1-6(2)7-5-10(17-3)8(4-9(7)13)11(14)12(15)16/h4-6,11,14H,1-3H3,(H,15,16). The van der Waals surface area contributed by atoms with Gasteiger partial charge in [0.15, 0.2) is 6.10 Å². The molecule has 0 fully saturated rings. The zero-order valence-electron chi connectivity index (χ0n) is 9.90. The average Bonchev–Trinajstić information content (AvgIpc) is 2.27. The molecule has 94 valence electrons. The smallest absolute Gasteiger partial charge is 0.337 e. The minimum atomic E-state index is -1.58. The van der Waals surface area contributed by atoms with E-state index in [1.807, 2.05) is 13.8 Å². The van der Waals surface area contributed by atoms with Crippen molar-refractivity contribution in [3.05, 3.63) is 27.7 Å². The molecule has 0 spiro atoms. The summed E-state index contributed by atoms with van der Waals surface area (Å²) in [5, 5.41) is 18.4. The van der Waals surface area contributed by atoms with Crippen LogP contribution in [0.4, 0.5) is 0 Å². The van der Waals surface area contributed by atoms with Crippen molar-refractivity contribution in [3.8, 4) is 5.75 Å². The van der Waals surface area contributed by atoms with Crippen LogP contribution in [0.1, 0.15) is 37.0 Å². The van der Waals surface area contributed by atoms with Crippen LogP contribution in [0.15, 0.2) is 16.6 Å². The van der Waals surface area contributed by atoms with Crippen LogP contribution >= 0.6 is 15.9 Å². The minimum absolute atomic E-state index is 0.247. The number of aliphatic carboxylic acids is 1. The molecule has 0 bridgehead atoms. The first-order valence-corrected chi connectivity index (χ1v) is 5.96. The quantitative estimate of drug-likeness (QED) is 0.897. The number of ether oxygens (including phenoxy) is 1. The molecule has 1 rings (SSSR count). The molecular formula is C12H15BrO4. The van der Waals surface area contributed by atoms with Crippen molar-refractivity contribution in [3.63, 3.8) is 0 Å². The molecule has 1 unspecified atom stereocenters. The van der Waals surface area contributed by atoms with Gasteiger partial charge in [0.2, 0.25) is 0 Å². The van der Waals surface area contributed by atoms with Crippen molar-refractivity contribution in [2.75, 3.05) is 7.11 Å². The number of aliphatic hydroxyl groups excluding tert-OH is 1. The fourth-order valence-corrected chi connectivity index (χ4v) is 2.37. The van der Waals surface area contributed by atoms with Crippen LogP contribution in [-0.2, 0) is 4.79 Å². The lowest BCUT2D eigenvalue weighted by Gasteiger charge is -2.16. The summed E-state index contributed by atoms with van der Waals surface area (Å²) < 4.78 is 5.89. The third-order valence-electron chi connectivity index (χ3n) is 2.50. The van der Waals surface area contributed by atoms with Crippen molar-refractivity contribution in [2.45, 2.75) is 25.9 Å². The lowest BCUT2D eigenvalue weighted by Crippen LogP contribution is -2.12. The van der Waals surface area contributed by atoms with E-state index in [4.69, 9.17) is 9.84 Å². The summed E-state index contributed by atoms with van der Waals surface area (Å²) in [6.45, 7) is 4.04. The fourth-order valence-electron chi connectivity index (χ4n) is 1.55. The van der Waals surface area contributed by atoms with Crippen molar-refractivity contribution in [1.29, 1.82) is 0 Å². The number of hydrogen-bond donors (Lipinski definition) is 2. The van der Waals surface area contributed by atoms with Gasteiger partial charge in [-0.15, -0.1) is 0 Å². The van der Waals surface area contributed by atoms with Crippen molar-refractivity contribution in [2.24, 2.45) is 0 Å². The lowest BCUT2D eigenvalue weighted by atomic mass is 9.99. The maximum atomic E-state index is 10.8. The molecule has 0 saturated carbocycles. The molecule has 0 aliphatic carbocycles. The Morgan fingerprint density at radius 1 is 1.35 bits per heavy atom. The molecule has 2 N–H and O–H groups in total. The van der Waals surface area contributed by atoms with Crippen LogP contribution in [-0.4, -0.2) is 23.3 Å². The first-order valence-electron chi connectivity index (χ1n) is 5.16. The number of benzene rings is 1. The highest BCUT2D eigenvalue weighted by Gasteiger charge is 2.22. The second-order valence-corrected chi connectivity index (χ2v) is 4.87. The van der Waals surface area contributed by atoms with Crippen molar-refractivity contribution >= 4 is 21.9 Å². The largest absolute Gasteiger partial charge is 0.496 e. The predicted molar refractivity (Wildman–Crippen MR) is 67.4 cm³/mol. The SMILES string of the molecule is COc1cc(C(C)C)c(Br)cc1C(O)C(=O)O. The zero-order valence-corrected chi connectivity index (χ0v) is 11.5. The second-order valence-electron chi connectivity index (χ2n) is 4.01. The van der Waals surface area contributed by atoms with E-state index in [9.17, 15) is 9.90 Å². The molecule has 17 heavy (non-hydrogen) atoms.